The van der Waals surface area contributed by atoms with Crippen molar-refractivity contribution >= 4 is 5.97 Å². The van der Waals surface area contributed by atoms with Crippen LogP contribution in [0.4, 0.5) is 0 Å². The lowest BCUT2D eigenvalue weighted by Crippen LogP contribution is -2.40. The van der Waals surface area contributed by atoms with Crippen LogP contribution in [0.5, 0.6) is 5.75 Å². The van der Waals surface area contributed by atoms with Gasteiger partial charge in [-0.25, -0.2) is 9.48 Å². The summed E-state index contributed by atoms with van der Waals surface area (Å²) in [5.74, 6) is 0.900. The largest absolute Gasteiger partial charge is 0.486 e. The molecule has 1 aliphatic carbocycles. The first kappa shape index (κ1) is 29.0. The Morgan fingerprint density at radius 3 is 2.62 bits per heavy atom. The Hall–Kier alpha value is -4.76. The normalized spacial score (nSPS) is 18.9. The van der Waals surface area contributed by atoms with Crippen molar-refractivity contribution in [1.29, 1.82) is 0 Å². The van der Waals surface area contributed by atoms with Gasteiger partial charge in [-0.05, 0) is 68.1 Å². The van der Waals surface area contributed by atoms with Gasteiger partial charge in [0.05, 0.1) is 29.9 Å². The molecular formula is C36H38N6O3. The Kier molecular flexibility index (Phi) is 7.49. The van der Waals surface area contributed by atoms with Gasteiger partial charge in [0.15, 0.2) is 0 Å². The minimum absolute atomic E-state index is 0.0996. The summed E-state index contributed by atoms with van der Waals surface area (Å²) in [4.78, 5) is 15.4. The summed E-state index contributed by atoms with van der Waals surface area (Å²) in [6, 6.07) is 25.4. The van der Waals surface area contributed by atoms with Crippen molar-refractivity contribution in [3.8, 4) is 22.6 Å². The highest BCUT2D eigenvalue weighted by Gasteiger charge is 2.46. The molecular weight excluding hydrogens is 564 g/mol. The first-order valence-corrected chi connectivity index (χ1v) is 15.6. The number of hydrogen-bond acceptors (Lipinski definition) is 7. The van der Waals surface area contributed by atoms with Gasteiger partial charge in [0.2, 0.25) is 0 Å². The second-order valence-electron chi connectivity index (χ2n) is 12.7. The number of ether oxygens (including phenoxy) is 2. The van der Waals surface area contributed by atoms with Crippen molar-refractivity contribution in [2.24, 2.45) is 7.05 Å². The zero-order chi connectivity index (χ0) is 31.1. The monoisotopic (exact) mass is 602 g/mol. The molecule has 0 bridgehead atoms. The third kappa shape index (κ3) is 6.00. The zero-order valence-corrected chi connectivity index (χ0v) is 26.2. The van der Waals surface area contributed by atoms with Crippen molar-refractivity contribution in [2.45, 2.75) is 57.7 Å². The summed E-state index contributed by atoms with van der Waals surface area (Å²) in [7, 11) is 1.87. The summed E-state index contributed by atoms with van der Waals surface area (Å²) in [6.45, 7) is 8.90. The summed E-state index contributed by atoms with van der Waals surface area (Å²) in [5.41, 5.74) is 7.56. The third-order valence-electron chi connectivity index (χ3n) is 8.56. The Bertz CT molecular complexity index is 1860. The number of fused-ring (bicyclic) bond motifs is 1. The second kappa shape index (κ2) is 11.6. The molecule has 9 nitrogen and oxygen atoms in total. The SMILES string of the molecule is CCOC(=O)c1cnn(-c2cccc(-c3cccc(CN4Cc5ccccc5OC(C)(C)C4)c3)c2)c1[C@@H]1C[C@H]1c1cn(C)nn1. The minimum atomic E-state index is -0.350. The fourth-order valence-corrected chi connectivity index (χ4v) is 6.58. The Labute approximate surface area is 263 Å². The molecule has 2 atom stereocenters. The average Bonchev–Trinajstić information content (AvgIpc) is 3.51. The maximum absolute atomic E-state index is 13.0. The zero-order valence-electron chi connectivity index (χ0n) is 26.2. The fourth-order valence-electron chi connectivity index (χ4n) is 6.58. The van der Waals surface area contributed by atoms with Crippen molar-refractivity contribution in [3.05, 3.63) is 113 Å². The van der Waals surface area contributed by atoms with E-state index in [0.29, 0.717) is 12.2 Å². The number of benzene rings is 3. The van der Waals surface area contributed by atoms with E-state index in [2.05, 4.69) is 83.7 Å². The maximum atomic E-state index is 13.0. The van der Waals surface area contributed by atoms with E-state index in [9.17, 15) is 4.79 Å². The highest BCUT2D eigenvalue weighted by molar-refractivity contribution is 5.91. The number of aromatic nitrogens is 5. The van der Waals surface area contributed by atoms with Crippen LogP contribution in [0.15, 0.2) is 85.2 Å². The van der Waals surface area contributed by atoms with Gasteiger partial charge in [0.1, 0.15) is 16.9 Å². The Balaban J connectivity index is 1.17. The number of carbonyl (C=O) groups excluding carboxylic acids is 1. The van der Waals surface area contributed by atoms with Gasteiger partial charge in [-0.15, -0.1) is 5.10 Å². The van der Waals surface area contributed by atoms with Crippen LogP contribution >= 0.6 is 0 Å². The van der Waals surface area contributed by atoms with Crippen LogP contribution in [0.3, 0.4) is 0 Å². The number of nitrogens with zero attached hydrogens (tertiary/aromatic N) is 6. The summed E-state index contributed by atoms with van der Waals surface area (Å²) >= 11 is 0. The molecule has 1 saturated carbocycles. The molecule has 2 aromatic heterocycles. The molecule has 1 fully saturated rings. The van der Waals surface area contributed by atoms with E-state index >= 15 is 0 Å². The molecule has 0 unspecified atom stereocenters. The predicted octanol–water partition coefficient (Wildman–Crippen LogP) is 6.29. The first-order valence-electron chi connectivity index (χ1n) is 15.6. The lowest BCUT2D eigenvalue weighted by Gasteiger charge is -2.29. The van der Waals surface area contributed by atoms with E-state index in [4.69, 9.17) is 14.6 Å². The van der Waals surface area contributed by atoms with Crippen LogP contribution in [0.1, 0.15) is 71.9 Å². The van der Waals surface area contributed by atoms with Gasteiger partial charge >= 0.3 is 5.97 Å². The molecule has 9 heteroatoms. The van der Waals surface area contributed by atoms with Crippen molar-refractivity contribution in [3.63, 3.8) is 0 Å². The molecule has 3 heterocycles. The van der Waals surface area contributed by atoms with Crippen LogP contribution in [-0.2, 0) is 24.9 Å². The highest BCUT2D eigenvalue weighted by Crippen LogP contribution is 2.55. The van der Waals surface area contributed by atoms with Crippen molar-refractivity contribution in [1.82, 2.24) is 29.7 Å². The lowest BCUT2D eigenvalue weighted by atomic mass is 10.0. The Morgan fingerprint density at radius 2 is 1.82 bits per heavy atom. The van der Waals surface area contributed by atoms with E-state index < -0.39 is 0 Å². The minimum Gasteiger partial charge on any atom is -0.486 e. The average molecular weight is 603 g/mol. The lowest BCUT2D eigenvalue weighted by molar-refractivity contribution is 0.0524. The van der Waals surface area contributed by atoms with Crippen LogP contribution in [0.2, 0.25) is 0 Å². The molecule has 2 aliphatic rings. The number of hydrogen-bond donors (Lipinski definition) is 0. The van der Waals surface area contributed by atoms with E-state index in [0.717, 1.165) is 60.0 Å². The van der Waals surface area contributed by atoms with Crippen LogP contribution in [0.25, 0.3) is 16.8 Å². The van der Waals surface area contributed by atoms with Gasteiger partial charge in [-0.1, -0.05) is 53.7 Å². The molecule has 0 N–H and O–H groups in total. The van der Waals surface area contributed by atoms with Gasteiger partial charge < -0.3 is 9.47 Å². The topological polar surface area (TPSA) is 87.3 Å². The maximum Gasteiger partial charge on any atom is 0.341 e. The van der Waals surface area contributed by atoms with E-state index in [1.165, 1.54) is 11.1 Å². The fraction of sp³-hybridized carbons (Fsp3) is 0.333. The molecule has 0 saturated heterocycles. The van der Waals surface area contributed by atoms with Gasteiger partial charge in [0.25, 0.3) is 0 Å². The van der Waals surface area contributed by atoms with E-state index in [-0.39, 0.29) is 23.4 Å². The quantitative estimate of drug-likeness (QED) is 0.193. The molecule has 230 valence electrons. The second-order valence-corrected chi connectivity index (χ2v) is 12.7. The Morgan fingerprint density at radius 1 is 1.02 bits per heavy atom. The molecule has 5 aromatic rings. The van der Waals surface area contributed by atoms with Gasteiger partial charge in [-0.2, -0.15) is 5.10 Å². The number of aryl methyl sites for hydroxylation is 1. The van der Waals surface area contributed by atoms with Crippen LogP contribution in [-0.4, -0.2) is 54.4 Å². The molecule has 45 heavy (non-hydrogen) atoms. The first-order chi connectivity index (χ1) is 21.8. The standard InChI is InChI=1S/C36H38N6O3/c1-5-44-35(43)31-19-37-42(34(31)30-18-29(30)32-22-40(4)39-38-32)28-14-9-13-26(17-28)25-12-8-10-24(16-25)20-41-21-27-11-6-7-15-33(27)45-36(2,3)23-41/h6-17,19,22,29-30H,5,18,20-21,23H2,1-4H3/t29-,30-/m1/s1. The van der Waals surface area contributed by atoms with Crippen LogP contribution in [0, 0.1) is 0 Å². The van der Waals surface area contributed by atoms with Crippen molar-refractivity contribution < 1.29 is 14.3 Å². The number of rotatable bonds is 8. The molecule has 7 rings (SSSR count). The number of carbonyl (C=O) groups is 1. The molecule has 0 spiro atoms. The van der Waals surface area contributed by atoms with Gasteiger partial charge in [0, 0.05) is 50.3 Å². The number of para-hydroxylation sites is 1. The summed E-state index contributed by atoms with van der Waals surface area (Å²) in [6.07, 6.45) is 4.46. The third-order valence-corrected chi connectivity index (χ3v) is 8.56. The van der Waals surface area contributed by atoms with E-state index in [1.807, 2.05) is 43.0 Å². The predicted molar refractivity (Wildman–Crippen MR) is 171 cm³/mol. The van der Waals surface area contributed by atoms with Gasteiger partial charge in [-0.3, -0.25) is 9.58 Å². The van der Waals surface area contributed by atoms with E-state index in [1.54, 1.807) is 10.9 Å². The van der Waals surface area contributed by atoms with Crippen molar-refractivity contribution in [2.75, 3.05) is 13.2 Å². The van der Waals surface area contributed by atoms with Crippen LogP contribution < -0.4 is 4.74 Å². The molecule has 0 amide bonds. The summed E-state index contributed by atoms with van der Waals surface area (Å²) in [5, 5.41) is 13.2. The molecule has 0 radical (unpaired) electrons. The molecule has 3 aromatic carbocycles. The number of esters is 1. The smallest absolute Gasteiger partial charge is 0.341 e. The summed E-state index contributed by atoms with van der Waals surface area (Å²) < 4.78 is 15.4. The molecule has 1 aliphatic heterocycles. The highest BCUT2D eigenvalue weighted by atomic mass is 16.5.